The van der Waals surface area contributed by atoms with Crippen molar-refractivity contribution in [3.05, 3.63) is 101 Å². The van der Waals surface area contributed by atoms with Gasteiger partial charge >= 0.3 is 0 Å². The maximum Gasteiger partial charge on any atom is 0.271 e. The molecule has 0 saturated carbocycles. The lowest BCUT2D eigenvalue weighted by Gasteiger charge is -2.18. The number of anilines is 2. The molecule has 0 unspecified atom stereocenters. The maximum atomic E-state index is 13.0. The molecule has 0 spiro atoms. The van der Waals surface area contributed by atoms with Crippen LogP contribution < -0.4 is 20.7 Å². The SMILES string of the molecule is COc1ccccc1Nc1nc(C(=O)N[C@@H](Cc2ccccc2)C(=O)NCc2ccncc2)cs1. The van der Waals surface area contributed by atoms with Crippen LogP contribution in [0.4, 0.5) is 10.8 Å². The number of hydrogen-bond donors (Lipinski definition) is 3. The second-order valence-electron chi connectivity index (χ2n) is 7.65. The van der Waals surface area contributed by atoms with Crippen LogP contribution in [-0.4, -0.2) is 34.9 Å². The van der Waals surface area contributed by atoms with Gasteiger partial charge in [0.1, 0.15) is 17.5 Å². The van der Waals surface area contributed by atoms with Crippen molar-refractivity contribution in [1.29, 1.82) is 0 Å². The first-order valence-electron chi connectivity index (χ1n) is 11.0. The van der Waals surface area contributed by atoms with Crippen LogP contribution in [0, 0.1) is 0 Å². The van der Waals surface area contributed by atoms with Gasteiger partial charge in [0, 0.05) is 30.7 Å². The van der Waals surface area contributed by atoms with Crippen molar-refractivity contribution in [2.24, 2.45) is 0 Å². The first kappa shape index (κ1) is 23.9. The summed E-state index contributed by atoms with van der Waals surface area (Å²) in [6.07, 6.45) is 3.69. The quantitative estimate of drug-likeness (QED) is 0.313. The Kier molecular flexibility index (Phi) is 8.03. The molecule has 0 fully saturated rings. The summed E-state index contributed by atoms with van der Waals surface area (Å²) in [4.78, 5) is 34.4. The Bertz CT molecular complexity index is 1260. The summed E-state index contributed by atoms with van der Waals surface area (Å²) < 4.78 is 5.35. The number of nitrogens with one attached hydrogen (secondary N) is 3. The number of ether oxygens (including phenoxy) is 1. The van der Waals surface area contributed by atoms with Crippen molar-refractivity contribution in [1.82, 2.24) is 20.6 Å². The Morgan fingerprint density at radius 3 is 2.49 bits per heavy atom. The molecule has 2 heterocycles. The Morgan fingerprint density at radius 1 is 0.971 bits per heavy atom. The third kappa shape index (κ3) is 6.64. The number of carbonyl (C=O) groups is 2. The van der Waals surface area contributed by atoms with Crippen LogP contribution in [0.5, 0.6) is 5.75 Å². The van der Waals surface area contributed by atoms with Crippen LogP contribution in [0.1, 0.15) is 21.6 Å². The second-order valence-corrected chi connectivity index (χ2v) is 8.51. The highest BCUT2D eigenvalue weighted by Gasteiger charge is 2.23. The van der Waals surface area contributed by atoms with Crippen LogP contribution in [0.2, 0.25) is 0 Å². The molecule has 0 aliphatic rings. The molecule has 4 aromatic rings. The molecule has 0 saturated heterocycles. The van der Waals surface area contributed by atoms with Crippen molar-refractivity contribution in [2.45, 2.75) is 19.0 Å². The molecule has 178 valence electrons. The number of rotatable bonds is 10. The molecule has 9 heteroatoms. The van der Waals surface area contributed by atoms with Crippen LogP contribution >= 0.6 is 11.3 Å². The summed E-state index contributed by atoms with van der Waals surface area (Å²) in [5, 5.41) is 11.1. The lowest BCUT2D eigenvalue weighted by molar-refractivity contribution is -0.123. The first-order valence-corrected chi connectivity index (χ1v) is 11.9. The van der Waals surface area contributed by atoms with E-state index in [9.17, 15) is 9.59 Å². The summed E-state index contributed by atoms with van der Waals surface area (Å²) >= 11 is 1.29. The van der Waals surface area contributed by atoms with Gasteiger partial charge in [-0.25, -0.2) is 4.98 Å². The maximum absolute atomic E-state index is 13.0. The second kappa shape index (κ2) is 11.8. The molecule has 0 radical (unpaired) electrons. The predicted molar refractivity (Wildman–Crippen MR) is 136 cm³/mol. The van der Waals surface area contributed by atoms with Gasteiger partial charge in [0.15, 0.2) is 5.13 Å². The molecular formula is C26H25N5O3S. The number of nitrogens with zero attached hydrogens (tertiary/aromatic N) is 2. The Balaban J connectivity index is 1.45. The van der Waals surface area contributed by atoms with E-state index in [1.165, 1.54) is 11.3 Å². The Hall–Kier alpha value is -4.24. The van der Waals surface area contributed by atoms with Gasteiger partial charge in [0.05, 0.1) is 12.8 Å². The average Bonchev–Trinajstić information content (AvgIpc) is 3.37. The zero-order valence-electron chi connectivity index (χ0n) is 19.1. The summed E-state index contributed by atoms with van der Waals surface area (Å²) in [6, 6.07) is 19.9. The van der Waals surface area contributed by atoms with Gasteiger partial charge in [0.25, 0.3) is 5.91 Å². The highest BCUT2D eigenvalue weighted by Crippen LogP contribution is 2.28. The molecule has 8 nitrogen and oxygen atoms in total. The molecule has 1 atom stereocenters. The molecule has 0 aliphatic heterocycles. The van der Waals surface area contributed by atoms with Gasteiger partial charge < -0.3 is 20.7 Å². The van der Waals surface area contributed by atoms with E-state index in [1.807, 2.05) is 66.7 Å². The summed E-state index contributed by atoms with van der Waals surface area (Å²) in [5.41, 5.74) is 2.83. The van der Waals surface area contributed by atoms with Crippen LogP contribution in [0.3, 0.4) is 0 Å². The number of hydrogen-bond acceptors (Lipinski definition) is 7. The van der Waals surface area contributed by atoms with Crippen molar-refractivity contribution in [3.8, 4) is 5.75 Å². The molecule has 3 N–H and O–H groups in total. The Morgan fingerprint density at radius 2 is 1.71 bits per heavy atom. The number of thiazole rings is 1. The average molecular weight is 488 g/mol. The Labute approximate surface area is 207 Å². The first-order chi connectivity index (χ1) is 17.1. The van der Waals surface area contributed by atoms with E-state index >= 15 is 0 Å². The minimum Gasteiger partial charge on any atom is -0.495 e. The molecule has 0 bridgehead atoms. The fourth-order valence-corrected chi connectivity index (χ4v) is 4.11. The van der Waals surface area contributed by atoms with E-state index in [2.05, 4.69) is 25.9 Å². The van der Waals surface area contributed by atoms with E-state index in [0.29, 0.717) is 23.8 Å². The fraction of sp³-hybridized carbons (Fsp3) is 0.154. The zero-order valence-corrected chi connectivity index (χ0v) is 19.9. The van der Waals surface area contributed by atoms with Gasteiger partial charge in [-0.1, -0.05) is 42.5 Å². The number of methoxy groups -OCH3 is 1. The van der Waals surface area contributed by atoms with Crippen molar-refractivity contribution in [3.63, 3.8) is 0 Å². The van der Waals surface area contributed by atoms with Crippen LogP contribution in [0.15, 0.2) is 84.5 Å². The fourth-order valence-electron chi connectivity index (χ4n) is 3.40. The van der Waals surface area contributed by atoms with Crippen molar-refractivity contribution in [2.75, 3.05) is 12.4 Å². The van der Waals surface area contributed by atoms with Crippen molar-refractivity contribution < 1.29 is 14.3 Å². The molecule has 4 rings (SSSR count). The molecule has 2 amide bonds. The monoisotopic (exact) mass is 487 g/mol. The number of carbonyl (C=O) groups excluding carboxylic acids is 2. The summed E-state index contributed by atoms with van der Waals surface area (Å²) in [5.74, 6) is -0.0292. The van der Waals surface area contributed by atoms with Crippen LogP contribution in [-0.2, 0) is 17.8 Å². The molecule has 2 aromatic heterocycles. The summed E-state index contributed by atoms with van der Waals surface area (Å²) in [7, 11) is 1.59. The van der Waals surface area contributed by atoms with Gasteiger partial charge in [-0.3, -0.25) is 14.6 Å². The van der Waals surface area contributed by atoms with E-state index < -0.39 is 11.9 Å². The summed E-state index contributed by atoms with van der Waals surface area (Å²) in [6.45, 7) is 0.339. The lowest BCUT2D eigenvalue weighted by atomic mass is 10.0. The van der Waals surface area contributed by atoms with Gasteiger partial charge in [-0.05, 0) is 35.4 Å². The highest BCUT2D eigenvalue weighted by molar-refractivity contribution is 7.14. The normalized spacial score (nSPS) is 11.3. The zero-order chi connectivity index (χ0) is 24.5. The highest BCUT2D eigenvalue weighted by atomic mass is 32.1. The smallest absolute Gasteiger partial charge is 0.271 e. The van der Waals surface area contributed by atoms with E-state index in [0.717, 1.165) is 16.8 Å². The lowest BCUT2D eigenvalue weighted by Crippen LogP contribution is -2.47. The van der Waals surface area contributed by atoms with Crippen molar-refractivity contribution >= 4 is 34.0 Å². The minimum absolute atomic E-state index is 0.229. The minimum atomic E-state index is -0.765. The largest absolute Gasteiger partial charge is 0.495 e. The van der Waals surface area contributed by atoms with Gasteiger partial charge in [-0.2, -0.15) is 0 Å². The van der Waals surface area contributed by atoms with Crippen LogP contribution in [0.25, 0.3) is 0 Å². The standard InChI is InChI=1S/C26H25N5O3S/c1-34-23-10-6-5-9-20(23)30-26-31-22(17-35-26)25(33)29-21(15-18-7-3-2-4-8-18)24(32)28-16-19-11-13-27-14-12-19/h2-14,17,21H,15-16H2,1H3,(H,28,32)(H,29,33)(H,30,31)/t21-/m0/s1. The third-order valence-corrected chi connectivity index (χ3v) is 5.96. The van der Waals surface area contributed by atoms with Gasteiger partial charge in [-0.15, -0.1) is 11.3 Å². The molecule has 2 aromatic carbocycles. The number of benzene rings is 2. The number of aromatic nitrogens is 2. The third-order valence-electron chi connectivity index (χ3n) is 5.21. The molecular weight excluding hydrogens is 462 g/mol. The molecule has 0 aliphatic carbocycles. The van der Waals surface area contributed by atoms with E-state index in [-0.39, 0.29) is 11.6 Å². The number of pyridine rings is 1. The van der Waals surface area contributed by atoms with E-state index in [1.54, 1.807) is 24.9 Å². The molecule has 35 heavy (non-hydrogen) atoms. The van der Waals surface area contributed by atoms with Gasteiger partial charge in [0.2, 0.25) is 5.91 Å². The number of amides is 2. The number of para-hydroxylation sites is 2. The predicted octanol–water partition coefficient (Wildman–Crippen LogP) is 3.95. The van der Waals surface area contributed by atoms with E-state index in [4.69, 9.17) is 4.74 Å². The topological polar surface area (TPSA) is 105 Å².